The van der Waals surface area contributed by atoms with Crippen LogP contribution in [0.25, 0.3) is 10.9 Å². The number of anilines is 1. The van der Waals surface area contributed by atoms with E-state index in [2.05, 4.69) is 11.6 Å². The third kappa shape index (κ3) is 5.93. The molecule has 1 amide bonds. The van der Waals surface area contributed by atoms with E-state index in [1.807, 2.05) is 13.8 Å². The standard InChI is InChI=1S/C33H34F6N4O2S/c1-4-28(44)43-19(2)15-41(16-20(43)3)30-26-13-23(33(37,38)39)14-27-29(26)42(31(45)40-30)17-22(21-5-7-24(34)8-6-21)18-46(27)25-9-11-32(35,36)12-10-25/h4-9,13-14,19-20,22,46H,1,10-12,15-18H2,2-3H3/t19-,20+,22-/m1/s1. The summed E-state index contributed by atoms with van der Waals surface area (Å²) >= 11 is 0. The Kier molecular flexibility index (Phi) is 8.27. The van der Waals surface area contributed by atoms with E-state index in [0.29, 0.717) is 26.6 Å². The average Bonchev–Trinajstić information content (AvgIpc) is 3.16. The van der Waals surface area contributed by atoms with Crippen molar-refractivity contribution < 1.29 is 31.1 Å². The number of benzene rings is 2. The Morgan fingerprint density at radius 3 is 2.35 bits per heavy atom. The van der Waals surface area contributed by atoms with Crippen LogP contribution in [0.5, 0.6) is 0 Å². The zero-order chi connectivity index (χ0) is 33.1. The van der Waals surface area contributed by atoms with Gasteiger partial charge in [0.15, 0.2) is 0 Å². The van der Waals surface area contributed by atoms with Gasteiger partial charge in [-0.25, -0.2) is 28.9 Å². The lowest BCUT2D eigenvalue weighted by Crippen LogP contribution is -2.58. The normalized spacial score (nSPS) is 25.6. The molecule has 0 spiro atoms. The van der Waals surface area contributed by atoms with Crippen LogP contribution in [0.4, 0.5) is 32.2 Å². The fraction of sp³-hybridized carbons (Fsp3) is 0.424. The molecule has 0 bridgehead atoms. The van der Waals surface area contributed by atoms with Gasteiger partial charge in [-0.05, 0) is 66.8 Å². The Morgan fingerprint density at radius 2 is 1.76 bits per heavy atom. The molecule has 0 radical (unpaired) electrons. The van der Waals surface area contributed by atoms with Crippen molar-refractivity contribution in [3.8, 4) is 0 Å². The van der Waals surface area contributed by atoms with Gasteiger partial charge in [0, 0.05) is 60.8 Å². The molecular formula is C33H34F6N4O2S. The van der Waals surface area contributed by atoms with Crippen LogP contribution in [0.15, 0.2) is 69.7 Å². The summed E-state index contributed by atoms with van der Waals surface area (Å²) in [5, 5.41) is 0.140. The number of carbonyl (C=O) groups is 1. The van der Waals surface area contributed by atoms with Crippen LogP contribution in [0.1, 0.15) is 50.2 Å². The quantitative estimate of drug-likeness (QED) is 0.185. The number of amides is 1. The Morgan fingerprint density at radius 1 is 1.09 bits per heavy atom. The number of aromatic nitrogens is 2. The largest absolute Gasteiger partial charge is 0.416 e. The number of hydrogen-bond donors (Lipinski definition) is 1. The maximum atomic E-state index is 14.6. The van der Waals surface area contributed by atoms with Crippen molar-refractivity contribution in [3.05, 3.63) is 87.5 Å². The lowest BCUT2D eigenvalue weighted by Gasteiger charge is -2.44. The summed E-state index contributed by atoms with van der Waals surface area (Å²) in [6.07, 6.45) is -2.98. The second-order valence-electron chi connectivity index (χ2n) is 12.4. The van der Waals surface area contributed by atoms with E-state index in [4.69, 9.17) is 0 Å². The predicted molar refractivity (Wildman–Crippen MR) is 167 cm³/mol. The van der Waals surface area contributed by atoms with Crippen LogP contribution >= 0.6 is 10.9 Å². The summed E-state index contributed by atoms with van der Waals surface area (Å²) in [5.41, 5.74) is -0.572. The van der Waals surface area contributed by atoms with E-state index < -0.39 is 58.8 Å². The lowest BCUT2D eigenvalue weighted by atomic mass is 10.0. The topological polar surface area (TPSA) is 58.4 Å². The first-order valence-corrected chi connectivity index (χ1v) is 16.6. The van der Waals surface area contributed by atoms with Crippen molar-refractivity contribution in [1.82, 2.24) is 14.5 Å². The van der Waals surface area contributed by atoms with Crippen molar-refractivity contribution in [1.29, 1.82) is 0 Å². The Labute approximate surface area is 264 Å². The third-order valence-electron chi connectivity index (χ3n) is 9.18. The van der Waals surface area contributed by atoms with Gasteiger partial charge in [0.1, 0.15) is 11.6 Å². The summed E-state index contributed by atoms with van der Waals surface area (Å²) < 4.78 is 87.5. The number of halogens is 6. The number of allylic oxidation sites excluding steroid dienone is 2. The number of rotatable bonds is 4. The smallest absolute Gasteiger partial charge is 0.352 e. The SMILES string of the molecule is C=CC(=O)N1[C@H](C)CN(c2nc(=O)n3c4c(cc(C(F)(F)F)cc24)[SH](C2=CCC(F)(F)CC2)C[C@H](c2ccc(F)cc2)C3)C[C@@H]1C. The van der Waals surface area contributed by atoms with Gasteiger partial charge in [-0.3, -0.25) is 9.36 Å². The van der Waals surface area contributed by atoms with Gasteiger partial charge >= 0.3 is 11.9 Å². The van der Waals surface area contributed by atoms with Crippen molar-refractivity contribution >= 4 is 33.5 Å². The molecule has 246 valence electrons. The summed E-state index contributed by atoms with van der Waals surface area (Å²) in [6.45, 7) is 7.70. The molecule has 6 rings (SSSR count). The molecule has 2 aromatic carbocycles. The third-order valence-corrected chi connectivity index (χ3v) is 12.0. The van der Waals surface area contributed by atoms with Crippen LogP contribution in [0.2, 0.25) is 0 Å². The average molecular weight is 665 g/mol. The Hall–Kier alpha value is -3.74. The number of piperazine rings is 1. The molecule has 4 atom stereocenters. The minimum Gasteiger partial charge on any atom is -0.352 e. The number of nitrogens with zero attached hydrogens (tertiary/aromatic N) is 4. The zero-order valence-electron chi connectivity index (χ0n) is 25.3. The van der Waals surface area contributed by atoms with Crippen molar-refractivity contribution in [2.75, 3.05) is 23.7 Å². The Bertz CT molecular complexity index is 1780. The second-order valence-corrected chi connectivity index (χ2v) is 14.7. The van der Waals surface area contributed by atoms with Crippen molar-refractivity contribution in [2.24, 2.45) is 0 Å². The summed E-state index contributed by atoms with van der Waals surface area (Å²) in [6, 6.07) is 7.12. The maximum Gasteiger partial charge on any atom is 0.416 e. The van der Waals surface area contributed by atoms with Gasteiger partial charge in [-0.1, -0.05) is 24.8 Å². The number of hydrogen-bond acceptors (Lipinski definition) is 4. The fourth-order valence-corrected chi connectivity index (χ4v) is 10.0. The summed E-state index contributed by atoms with van der Waals surface area (Å²) in [7, 11) is -1.61. The van der Waals surface area contributed by atoms with E-state index in [9.17, 15) is 35.9 Å². The van der Waals surface area contributed by atoms with E-state index in [1.54, 1.807) is 21.9 Å². The molecular weight excluding hydrogens is 630 g/mol. The van der Waals surface area contributed by atoms with Gasteiger partial charge in [0.05, 0.1) is 11.1 Å². The van der Waals surface area contributed by atoms with Crippen LogP contribution < -0.4 is 10.6 Å². The van der Waals surface area contributed by atoms with E-state index >= 15 is 0 Å². The second kappa shape index (κ2) is 11.8. The minimum atomic E-state index is -4.74. The van der Waals surface area contributed by atoms with Gasteiger partial charge in [-0.2, -0.15) is 18.2 Å². The predicted octanol–water partition coefficient (Wildman–Crippen LogP) is 7.03. The van der Waals surface area contributed by atoms with Gasteiger partial charge < -0.3 is 9.80 Å². The zero-order valence-corrected chi connectivity index (χ0v) is 26.2. The van der Waals surface area contributed by atoms with E-state index in [1.165, 1.54) is 28.9 Å². The minimum absolute atomic E-state index is 0.0169. The highest BCUT2D eigenvalue weighted by atomic mass is 32.2. The fourth-order valence-electron chi connectivity index (χ4n) is 7.04. The van der Waals surface area contributed by atoms with Gasteiger partial charge in [-0.15, -0.1) is 0 Å². The summed E-state index contributed by atoms with van der Waals surface area (Å²) in [5.74, 6) is -3.67. The molecule has 1 aliphatic carbocycles. The van der Waals surface area contributed by atoms with Crippen LogP contribution in [0, 0.1) is 5.82 Å². The first-order valence-electron chi connectivity index (χ1n) is 15.1. The molecule has 3 heterocycles. The highest BCUT2D eigenvalue weighted by molar-refractivity contribution is 8.20. The monoisotopic (exact) mass is 664 g/mol. The first kappa shape index (κ1) is 32.2. The molecule has 0 saturated carbocycles. The molecule has 1 unspecified atom stereocenters. The molecule has 1 fully saturated rings. The molecule has 13 heteroatoms. The number of carbonyl (C=O) groups excluding carboxylic acids is 1. The van der Waals surface area contributed by atoms with Crippen molar-refractivity contribution in [2.45, 2.75) is 74.7 Å². The Balaban J connectivity index is 1.59. The maximum absolute atomic E-state index is 14.6. The highest BCUT2D eigenvalue weighted by Crippen LogP contribution is 2.56. The number of thiol groups is 1. The van der Waals surface area contributed by atoms with Crippen LogP contribution in [0.3, 0.4) is 0 Å². The molecule has 1 saturated heterocycles. The first-order chi connectivity index (χ1) is 21.7. The number of alkyl halides is 5. The van der Waals surface area contributed by atoms with Crippen LogP contribution in [-0.4, -0.2) is 57.2 Å². The molecule has 3 aromatic rings. The van der Waals surface area contributed by atoms with E-state index in [-0.39, 0.29) is 55.3 Å². The molecule has 46 heavy (non-hydrogen) atoms. The molecule has 3 aliphatic rings. The van der Waals surface area contributed by atoms with Gasteiger partial charge in [0.2, 0.25) is 5.91 Å². The lowest BCUT2D eigenvalue weighted by molar-refractivity contribution is -0.137. The van der Waals surface area contributed by atoms with Crippen molar-refractivity contribution in [3.63, 3.8) is 0 Å². The molecule has 1 aromatic heterocycles. The molecule has 2 aliphatic heterocycles. The highest BCUT2D eigenvalue weighted by Gasteiger charge is 2.39. The summed E-state index contributed by atoms with van der Waals surface area (Å²) in [4.78, 5) is 35.1. The van der Waals surface area contributed by atoms with Crippen LogP contribution in [-0.2, 0) is 17.5 Å². The van der Waals surface area contributed by atoms with Gasteiger partial charge in [0.25, 0.3) is 5.92 Å². The molecule has 6 nitrogen and oxygen atoms in total. The van der Waals surface area contributed by atoms with E-state index in [0.717, 1.165) is 12.1 Å². The molecule has 0 N–H and O–H groups in total.